The normalized spacial score (nSPS) is 12.9. The lowest BCUT2D eigenvalue weighted by molar-refractivity contribution is -0.143. The highest BCUT2D eigenvalue weighted by Gasteiger charge is 2.08. The largest absolute Gasteiger partial charge is 0.469 e. The third kappa shape index (κ3) is 2.21. The Hall–Kier alpha value is -0.180. The van der Waals surface area contributed by atoms with Gasteiger partial charge in [-0.15, -0.1) is 0 Å². The summed E-state index contributed by atoms with van der Waals surface area (Å²) in [7, 11) is 1.38. The van der Waals surface area contributed by atoms with Gasteiger partial charge < -0.3 is 4.74 Å². The highest BCUT2D eigenvalue weighted by molar-refractivity contribution is 7.80. The standard InChI is InChI=1S/C5H10O2S/c1-4(3-8)5(6)7-2/h4,8H,3H2,1-2H3/t4-/m0/s1. The lowest BCUT2D eigenvalue weighted by Crippen LogP contribution is -2.13. The molecule has 0 saturated carbocycles. The van der Waals surface area contributed by atoms with E-state index in [1.54, 1.807) is 6.92 Å². The van der Waals surface area contributed by atoms with Crippen molar-refractivity contribution in [3.8, 4) is 0 Å². The second-order valence-electron chi connectivity index (χ2n) is 1.61. The summed E-state index contributed by atoms with van der Waals surface area (Å²) in [5.74, 6) is 0.274. The van der Waals surface area contributed by atoms with Crippen LogP contribution in [0.4, 0.5) is 0 Å². The highest BCUT2D eigenvalue weighted by atomic mass is 32.1. The van der Waals surface area contributed by atoms with Crippen molar-refractivity contribution in [2.45, 2.75) is 6.92 Å². The van der Waals surface area contributed by atoms with Crippen LogP contribution in [0.15, 0.2) is 0 Å². The van der Waals surface area contributed by atoms with Crippen LogP contribution in [0.2, 0.25) is 0 Å². The van der Waals surface area contributed by atoms with Crippen molar-refractivity contribution in [1.82, 2.24) is 0 Å². The van der Waals surface area contributed by atoms with Gasteiger partial charge in [-0.2, -0.15) is 12.6 Å². The van der Waals surface area contributed by atoms with Gasteiger partial charge in [0.2, 0.25) is 0 Å². The summed E-state index contributed by atoms with van der Waals surface area (Å²) in [4.78, 5) is 10.5. The molecule has 0 heterocycles. The Bertz CT molecular complexity index is 82.5. The zero-order valence-electron chi connectivity index (χ0n) is 5.05. The number of ether oxygens (including phenoxy) is 1. The van der Waals surface area contributed by atoms with Crippen LogP contribution in [0.25, 0.3) is 0 Å². The molecule has 0 amide bonds. The van der Waals surface area contributed by atoms with Gasteiger partial charge in [0.25, 0.3) is 0 Å². The van der Waals surface area contributed by atoms with Crippen LogP contribution in [0.1, 0.15) is 6.92 Å². The van der Waals surface area contributed by atoms with Gasteiger partial charge in [0, 0.05) is 5.75 Å². The number of carbonyl (C=O) groups excluding carboxylic acids is 1. The number of esters is 1. The molecule has 48 valence electrons. The van der Waals surface area contributed by atoms with Crippen molar-refractivity contribution < 1.29 is 9.53 Å². The summed E-state index contributed by atoms with van der Waals surface area (Å²) >= 11 is 3.91. The van der Waals surface area contributed by atoms with Gasteiger partial charge in [-0.25, -0.2) is 0 Å². The number of methoxy groups -OCH3 is 1. The molecule has 0 rings (SSSR count). The fourth-order valence-corrected chi connectivity index (χ4v) is 0.425. The Balaban J connectivity index is 3.46. The predicted molar refractivity (Wildman–Crippen MR) is 35.0 cm³/mol. The maximum absolute atomic E-state index is 10.5. The molecular formula is C5H10O2S. The SMILES string of the molecule is COC(=O)[C@@H](C)CS. The van der Waals surface area contributed by atoms with Crippen LogP contribution in [0.3, 0.4) is 0 Å². The van der Waals surface area contributed by atoms with E-state index < -0.39 is 0 Å². The zero-order valence-corrected chi connectivity index (χ0v) is 5.94. The van der Waals surface area contributed by atoms with Gasteiger partial charge in [0.1, 0.15) is 0 Å². The first-order valence-corrected chi connectivity index (χ1v) is 3.04. The fourth-order valence-electron chi connectivity index (χ4n) is 0.276. The van der Waals surface area contributed by atoms with E-state index in [9.17, 15) is 4.79 Å². The summed E-state index contributed by atoms with van der Waals surface area (Å²) in [6.07, 6.45) is 0. The Labute approximate surface area is 54.6 Å². The molecule has 0 aromatic heterocycles. The quantitative estimate of drug-likeness (QED) is 0.445. The lowest BCUT2D eigenvalue weighted by atomic mass is 10.2. The zero-order chi connectivity index (χ0) is 6.57. The first-order valence-electron chi connectivity index (χ1n) is 2.41. The molecule has 0 aliphatic heterocycles. The van der Waals surface area contributed by atoms with Crippen LogP contribution in [-0.4, -0.2) is 18.8 Å². The highest BCUT2D eigenvalue weighted by Crippen LogP contribution is 1.98. The Morgan fingerprint density at radius 2 is 2.38 bits per heavy atom. The van der Waals surface area contributed by atoms with E-state index in [0.29, 0.717) is 5.75 Å². The van der Waals surface area contributed by atoms with Crippen LogP contribution in [0, 0.1) is 5.92 Å². The van der Waals surface area contributed by atoms with Gasteiger partial charge in [0.05, 0.1) is 13.0 Å². The summed E-state index contributed by atoms with van der Waals surface area (Å²) in [5.41, 5.74) is 0. The summed E-state index contributed by atoms with van der Waals surface area (Å²) in [5, 5.41) is 0. The van der Waals surface area contributed by atoms with E-state index >= 15 is 0 Å². The van der Waals surface area contributed by atoms with Gasteiger partial charge in [-0.05, 0) is 0 Å². The molecule has 0 N–H and O–H groups in total. The van der Waals surface area contributed by atoms with E-state index in [0.717, 1.165) is 0 Å². The van der Waals surface area contributed by atoms with Gasteiger partial charge >= 0.3 is 5.97 Å². The van der Waals surface area contributed by atoms with Gasteiger partial charge in [-0.3, -0.25) is 4.79 Å². The average molecular weight is 134 g/mol. The molecule has 0 bridgehead atoms. The monoisotopic (exact) mass is 134 g/mol. The average Bonchev–Trinajstić information content (AvgIpc) is 1.84. The molecule has 8 heavy (non-hydrogen) atoms. The fraction of sp³-hybridized carbons (Fsp3) is 0.800. The van der Waals surface area contributed by atoms with E-state index in [1.165, 1.54) is 7.11 Å². The van der Waals surface area contributed by atoms with Crippen molar-refractivity contribution in [3.63, 3.8) is 0 Å². The summed E-state index contributed by atoms with van der Waals surface area (Å²) in [6, 6.07) is 0. The topological polar surface area (TPSA) is 26.3 Å². The second-order valence-corrected chi connectivity index (χ2v) is 1.97. The molecule has 0 spiro atoms. The molecule has 3 heteroatoms. The molecule has 0 aromatic rings. The van der Waals surface area contributed by atoms with Crippen molar-refractivity contribution in [2.75, 3.05) is 12.9 Å². The molecule has 0 fully saturated rings. The number of carbonyl (C=O) groups is 1. The van der Waals surface area contributed by atoms with Crippen molar-refractivity contribution in [2.24, 2.45) is 5.92 Å². The Morgan fingerprint density at radius 3 is 2.50 bits per heavy atom. The number of hydrogen-bond acceptors (Lipinski definition) is 3. The van der Waals surface area contributed by atoms with Gasteiger partial charge in [-0.1, -0.05) is 6.92 Å². The first-order chi connectivity index (χ1) is 3.72. The third-order valence-electron chi connectivity index (χ3n) is 0.877. The third-order valence-corrected chi connectivity index (χ3v) is 1.43. The maximum atomic E-state index is 10.5. The van der Waals surface area contributed by atoms with Crippen LogP contribution < -0.4 is 0 Å². The molecule has 0 aliphatic rings. The molecule has 0 saturated heterocycles. The van der Waals surface area contributed by atoms with Crippen molar-refractivity contribution >= 4 is 18.6 Å². The Kier molecular flexibility index (Phi) is 3.69. The number of rotatable bonds is 2. The minimum atomic E-state index is -0.194. The minimum absolute atomic E-state index is 0.0802. The predicted octanol–water partition coefficient (Wildman–Crippen LogP) is 0.725. The van der Waals surface area contributed by atoms with Crippen molar-refractivity contribution in [1.29, 1.82) is 0 Å². The van der Waals surface area contributed by atoms with Crippen LogP contribution in [-0.2, 0) is 9.53 Å². The first kappa shape index (κ1) is 7.82. The van der Waals surface area contributed by atoms with Crippen LogP contribution in [0.5, 0.6) is 0 Å². The smallest absolute Gasteiger partial charge is 0.309 e. The molecule has 0 aromatic carbocycles. The minimum Gasteiger partial charge on any atom is -0.469 e. The van der Waals surface area contributed by atoms with Crippen molar-refractivity contribution in [3.05, 3.63) is 0 Å². The lowest BCUT2D eigenvalue weighted by Gasteiger charge is -2.02. The number of thiol groups is 1. The Morgan fingerprint density at radius 1 is 1.88 bits per heavy atom. The van der Waals surface area contributed by atoms with E-state index in [2.05, 4.69) is 17.4 Å². The van der Waals surface area contributed by atoms with E-state index in [4.69, 9.17) is 0 Å². The molecule has 2 nitrogen and oxygen atoms in total. The maximum Gasteiger partial charge on any atom is 0.309 e. The summed E-state index contributed by atoms with van der Waals surface area (Å²) < 4.78 is 4.42. The molecule has 0 radical (unpaired) electrons. The van der Waals surface area contributed by atoms with Gasteiger partial charge in [0.15, 0.2) is 0 Å². The second kappa shape index (κ2) is 3.78. The molecule has 0 aliphatic carbocycles. The van der Waals surface area contributed by atoms with E-state index in [1.807, 2.05) is 0 Å². The summed E-state index contributed by atoms with van der Waals surface area (Å²) in [6.45, 7) is 1.78. The van der Waals surface area contributed by atoms with Crippen LogP contribution >= 0.6 is 12.6 Å². The molecular weight excluding hydrogens is 124 g/mol. The molecule has 0 unspecified atom stereocenters. The molecule has 1 atom stereocenters. The van der Waals surface area contributed by atoms with E-state index in [-0.39, 0.29) is 11.9 Å². The number of hydrogen-bond donors (Lipinski definition) is 1.